The Hall–Kier alpha value is -2.37. The Morgan fingerprint density at radius 2 is 1.96 bits per heavy atom. The summed E-state index contributed by atoms with van der Waals surface area (Å²) >= 11 is 0. The third-order valence-corrected chi connectivity index (χ3v) is 5.34. The van der Waals surface area contributed by atoms with Gasteiger partial charge in [-0.2, -0.15) is 0 Å². The Balaban J connectivity index is 1.74. The summed E-state index contributed by atoms with van der Waals surface area (Å²) in [5.74, 6) is -0.611. The van der Waals surface area contributed by atoms with Crippen LogP contribution in [0.3, 0.4) is 0 Å². The average molecular weight is 343 g/mol. The molecule has 1 aliphatic carbocycles. The summed E-state index contributed by atoms with van der Waals surface area (Å²) in [5.41, 5.74) is 1.03. The van der Waals surface area contributed by atoms with Crippen LogP contribution in [0.25, 0.3) is 0 Å². The fraction of sp³-hybridized carbons (Fsp3) is 0.526. The highest BCUT2D eigenvalue weighted by Gasteiger charge is 2.52. The van der Waals surface area contributed by atoms with Crippen LogP contribution in [-0.2, 0) is 22.4 Å². The summed E-state index contributed by atoms with van der Waals surface area (Å²) in [7, 11) is 0. The van der Waals surface area contributed by atoms with Crippen LogP contribution >= 0.6 is 0 Å². The van der Waals surface area contributed by atoms with Crippen LogP contribution in [0.1, 0.15) is 44.7 Å². The topological polar surface area (TPSA) is 78.5 Å². The Bertz CT molecular complexity index is 728. The van der Waals surface area contributed by atoms with Crippen LogP contribution in [0.5, 0.6) is 0 Å². The summed E-state index contributed by atoms with van der Waals surface area (Å²) in [4.78, 5) is 38.6. The van der Waals surface area contributed by atoms with Crippen molar-refractivity contribution < 1.29 is 14.4 Å². The Labute approximate surface area is 148 Å². The molecule has 4 amide bonds. The van der Waals surface area contributed by atoms with E-state index in [-0.39, 0.29) is 23.9 Å². The van der Waals surface area contributed by atoms with Gasteiger partial charge in [-0.1, -0.05) is 31.2 Å². The van der Waals surface area contributed by atoms with E-state index in [1.807, 2.05) is 39.0 Å². The molecule has 1 aliphatic heterocycles. The number of nitrogens with one attached hydrogen (secondary N) is 2. The van der Waals surface area contributed by atoms with Crippen LogP contribution in [0.15, 0.2) is 24.3 Å². The van der Waals surface area contributed by atoms with Gasteiger partial charge in [0.1, 0.15) is 12.1 Å². The molecule has 1 heterocycles. The fourth-order valence-electron chi connectivity index (χ4n) is 3.49. The molecule has 0 aromatic heterocycles. The molecule has 134 valence electrons. The maximum atomic E-state index is 12.9. The molecule has 6 nitrogen and oxygen atoms in total. The zero-order valence-corrected chi connectivity index (χ0v) is 15.0. The van der Waals surface area contributed by atoms with E-state index < -0.39 is 11.6 Å². The molecule has 1 aromatic carbocycles. The van der Waals surface area contributed by atoms with Crippen LogP contribution in [0, 0.1) is 0 Å². The lowest BCUT2D eigenvalue weighted by Gasteiger charge is -2.32. The molecular formula is C19H25N3O3. The molecule has 1 aromatic rings. The van der Waals surface area contributed by atoms with E-state index >= 15 is 0 Å². The van der Waals surface area contributed by atoms with E-state index in [4.69, 9.17) is 0 Å². The largest absolute Gasteiger partial charge is 0.350 e. The van der Waals surface area contributed by atoms with E-state index in [9.17, 15) is 14.4 Å². The third-order valence-electron chi connectivity index (χ3n) is 5.34. The number of hydrogen-bond acceptors (Lipinski definition) is 3. The standard InChI is InChI=1S/C19H25N3O3/c1-4-18(2,3)20-15(23)12-22-16(24)19(21-17(22)25)10-9-13-7-5-6-8-14(13)11-19/h5-8H,4,9-12H2,1-3H3,(H,20,23)(H,21,25). The molecule has 0 saturated carbocycles. The van der Waals surface area contributed by atoms with Gasteiger partial charge in [-0.15, -0.1) is 0 Å². The minimum absolute atomic E-state index is 0.239. The number of amides is 4. The van der Waals surface area contributed by atoms with Crippen LogP contribution in [0.4, 0.5) is 4.79 Å². The van der Waals surface area contributed by atoms with E-state index in [0.29, 0.717) is 12.8 Å². The second-order valence-electron chi connectivity index (χ2n) is 7.63. The smallest absolute Gasteiger partial charge is 0.325 e. The molecule has 1 unspecified atom stereocenters. The molecule has 1 fully saturated rings. The monoisotopic (exact) mass is 343 g/mol. The predicted octanol–water partition coefficient (Wildman–Crippen LogP) is 1.77. The molecule has 25 heavy (non-hydrogen) atoms. The number of benzene rings is 1. The first-order valence-electron chi connectivity index (χ1n) is 8.78. The van der Waals surface area contributed by atoms with Crippen molar-refractivity contribution in [2.45, 2.75) is 57.5 Å². The number of imide groups is 1. The van der Waals surface area contributed by atoms with Gasteiger partial charge in [0.15, 0.2) is 0 Å². The van der Waals surface area contributed by atoms with Crippen molar-refractivity contribution in [2.75, 3.05) is 6.54 Å². The summed E-state index contributed by atoms with van der Waals surface area (Å²) < 4.78 is 0. The lowest BCUT2D eigenvalue weighted by molar-refractivity contribution is -0.135. The second kappa shape index (κ2) is 6.17. The summed E-state index contributed by atoms with van der Waals surface area (Å²) in [6, 6.07) is 7.50. The molecule has 6 heteroatoms. The maximum Gasteiger partial charge on any atom is 0.325 e. The molecule has 1 saturated heterocycles. The van der Waals surface area contributed by atoms with Crippen molar-refractivity contribution in [3.8, 4) is 0 Å². The average Bonchev–Trinajstić information content (AvgIpc) is 2.78. The first kappa shape index (κ1) is 17.5. The Morgan fingerprint density at radius 1 is 1.28 bits per heavy atom. The minimum atomic E-state index is -0.911. The Morgan fingerprint density at radius 3 is 2.64 bits per heavy atom. The van der Waals surface area contributed by atoms with E-state index in [1.165, 1.54) is 5.56 Å². The van der Waals surface area contributed by atoms with Crippen molar-refractivity contribution in [3.05, 3.63) is 35.4 Å². The first-order chi connectivity index (χ1) is 11.8. The van der Waals surface area contributed by atoms with Gasteiger partial charge in [0, 0.05) is 12.0 Å². The van der Waals surface area contributed by atoms with Crippen molar-refractivity contribution in [1.29, 1.82) is 0 Å². The van der Waals surface area contributed by atoms with Crippen LogP contribution in [0.2, 0.25) is 0 Å². The molecule has 2 N–H and O–H groups in total. The highest BCUT2D eigenvalue weighted by Crippen LogP contribution is 2.33. The molecule has 0 bridgehead atoms. The SMILES string of the molecule is CCC(C)(C)NC(=O)CN1C(=O)NC2(CCc3ccccc3C2)C1=O. The second-order valence-corrected chi connectivity index (χ2v) is 7.63. The lowest BCUT2D eigenvalue weighted by Crippen LogP contribution is -2.52. The third kappa shape index (κ3) is 3.25. The highest BCUT2D eigenvalue weighted by molar-refractivity contribution is 6.09. The maximum absolute atomic E-state index is 12.9. The number of urea groups is 1. The number of aryl methyl sites for hydroxylation is 1. The quantitative estimate of drug-likeness (QED) is 0.818. The summed E-state index contributed by atoms with van der Waals surface area (Å²) in [6.45, 7) is 5.56. The van der Waals surface area contributed by atoms with Gasteiger partial charge in [0.2, 0.25) is 5.91 Å². The molecule has 3 rings (SSSR count). The molecule has 1 atom stereocenters. The zero-order valence-electron chi connectivity index (χ0n) is 15.0. The highest BCUT2D eigenvalue weighted by atomic mass is 16.2. The number of hydrogen-bond donors (Lipinski definition) is 2. The van der Waals surface area contributed by atoms with Gasteiger partial charge in [0.05, 0.1) is 0 Å². The number of carbonyl (C=O) groups is 3. The van der Waals surface area contributed by atoms with Gasteiger partial charge < -0.3 is 10.6 Å². The van der Waals surface area contributed by atoms with Crippen molar-refractivity contribution in [1.82, 2.24) is 15.5 Å². The summed E-state index contributed by atoms with van der Waals surface area (Å²) in [5, 5.41) is 5.72. The predicted molar refractivity (Wildman–Crippen MR) is 94.0 cm³/mol. The molecule has 1 spiro atoms. The fourth-order valence-corrected chi connectivity index (χ4v) is 3.49. The number of nitrogens with zero attached hydrogens (tertiary/aromatic N) is 1. The van der Waals surface area contributed by atoms with Gasteiger partial charge in [-0.25, -0.2) is 4.79 Å². The van der Waals surface area contributed by atoms with Crippen molar-refractivity contribution in [2.24, 2.45) is 0 Å². The summed E-state index contributed by atoms with van der Waals surface area (Å²) in [6.07, 6.45) is 2.55. The van der Waals surface area contributed by atoms with Gasteiger partial charge in [0.25, 0.3) is 5.91 Å². The lowest BCUT2D eigenvalue weighted by atomic mass is 9.78. The Kier molecular flexibility index (Phi) is 4.31. The van der Waals surface area contributed by atoms with Crippen LogP contribution in [-0.4, -0.2) is 40.4 Å². The molecule has 2 aliphatic rings. The number of fused-ring (bicyclic) bond motifs is 1. The zero-order chi connectivity index (χ0) is 18.2. The van der Waals surface area contributed by atoms with E-state index in [0.717, 1.165) is 23.3 Å². The normalized spacial score (nSPS) is 22.8. The number of carbonyl (C=O) groups excluding carboxylic acids is 3. The molecule has 0 radical (unpaired) electrons. The van der Waals surface area contributed by atoms with E-state index in [2.05, 4.69) is 16.7 Å². The van der Waals surface area contributed by atoms with E-state index in [1.54, 1.807) is 0 Å². The molecular weight excluding hydrogens is 318 g/mol. The first-order valence-corrected chi connectivity index (χ1v) is 8.78. The van der Waals surface area contributed by atoms with Crippen molar-refractivity contribution in [3.63, 3.8) is 0 Å². The number of rotatable bonds is 4. The van der Waals surface area contributed by atoms with Gasteiger partial charge >= 0.3 is 6.03 Å². The van der Waals surface area contributed by atoms with Gasteiger partial charge in [-0.3, -0.25) is 14.5 Å². The minimum Gasteiger partial charge on any atom is -0.350 e. The van der Waals surface area contributed by atoms with Crippen molar-refractivity contribution >= 4 is 17.8 Å². The van der Waals surface area contributed by atoms with Crippen LogP contribution < -0.4 is 10.6 Å². The van der Waals surface area contributed by atoms with Gasteiger partial charge in [-0.05, 0) is 44.2 Å².